The van der Waals surface area contributed by atoms with Gasteiger partial charge in [0.05, 0.1) is 9.79 Å². The third-order valence-electron chi connectivity index (χ3n) is 5.00. The lowest BCUT2D eigenvalue weighted by molar-refractivity contribution is 0.222. The second kappa shape index (κ2) is 6.98. The van der Waals surface area contributed by atoms with Gasteiger partial charge in [-0.05, 0) is 55.4 Å². The SMILES string of the molecule is C[C@H]1C[C@H](C)CN(S(=O)(=O)c2ccc(S(=O)(=O)N3CCCC3)cc2)C1. The van der Waals surface area contributed by atoms with Crippen molar-refractivity contribution < 1.29 is 16.8 Å². The molecule has 25 heavy (non-hydrogen) atoms. The molecule has 2 aliphatic heterocycles. The molecule has 3 rings (SSSR count). The zero-order valence-electron chi connectivity index (χ0n) is 14.8. The van der Waals surface area contributed by atoms with Gasteiger partial charge < -0.3 is 0 Å². The molecule has 0 spiro atoms. The van der Waals surface area contributed by atoms with Crippen LogP contribution in [0.3, 0.4) is 0 Å². The zero-order valence-corrected chi connectivity index (χ0v) is 16.4. The fraction of sp³-hybridized carbons (Fsp3) is 0.647. The number of nitrogens with zero attached hydrogens (tertiary/aromatic N) is 2. The van der Waals surface area contributed by atoms with Gasteiger partial charge in [0.2, 0.25) is 20.0 Å². The predicted octanol–water partition coefficient (Wildman–Crippen LogP) is 2.14. The Kier molecular flexibility index (Phi) is 5.26. The second-order valence-corrected chi connectivity index (χ2v) is 11.2. The van der Waals surface area contributed by atoms with Gasteiger partial charge in [-0.1, -0.05) is 13.8 Å². The molecule has 0 N–H and O–H groups in total. The van der Waals surface area contributed by atoms with E-state index < -0.39 is 20.0 Å². The Morgan fingerprint density at radius 3 is 1.60 bits per heavy atom. The Morgan fingerprint density at radius 2 is 1.16 bits per heavy atom. The monoisotopic (exact) mass is 386 g/mol. The highest BCUT2D eigenvalue weighted by Crippen LogP contribution is 2.28. The van der Waals surface area contributed by atoms with E-state index in [2.05, 4.69) is 13.8 Å². The summed E-state index contributed by atoms with van der Waals surface area (Å²) >= 11 is 0. The molecule has 6 nitrogen and oxygen atoms in total. The summed E-state index contributed by atoms with van der Waals surface area (Å²) < 4.78 is 53.8. The Bertz CT molecular complexity index is 803. The van der Waals surface area contributed by atoms with E-state index in [4.69, 9.17) is 0 Å². The van der Waals surface area contributed by atoms with Crippen LogP contribution in [0.15, 0.2) is 34.1 Å². The summed E-state index contributed by atoms with van der Waals surface area (Å²) in [5.41, 5.74) is 0. The minimum absolute atomic E-state index is 0.161. The van der Waals surface area contributed by atoms with Crippen LogP contribution in [0, 0.1) is 11.8 Å². The van der Waals surface area contributed by atoms with E-state index in [1.165, 1.54) is 32.9 Å². The normalized spacial score (nSPS) is 26.8. The van der Waals surface area contributed by atoms with Crippen molar-refractivity contribution in [2.45, 2.75) is 42.9 Å². The Balaban J connectivity index is 1.84. The molecule has 0 aliphatic carbocycles. The number of piperidine rings is 1. The molecule has 2 atom stereocenters. The van der Waals surface area contributed by atoms with Crippen molar-refractivity contribution in [2.24, 2.45) is 11.8 Å². The molecule has 2 fully saturated rings. The van der Waals surface area contributed by atoms with Gasteiger partial charge in [0.1, 0.15) is 0 Å². The summed E-state index contributed by atoms with van der Waals surface area (Å²) in [5.74, 6) is 0.654. The van der Waals surface area contributed by atoms with Gasteiger partial charge >= 0.3 is 0 Å². The van der Waals surface area contributed by atoms with Gasteiger partial charge in [-0.2, -0.15) is 8.61 Å². The number of benzene rings is 1. The van der Waals surface area contributed by atoms with Gasteiger partial charge in [0.25, 0.3) is 0 Å². The van der Waals surface area contributed by atoms with E-state index in [0.717, 1.165) is 19.3 Å². The molecule has 8 heteroatoms. The van der Waals surface area contributed by atoms with Crippen LogP contribution in [0.5, 0.6) is 0 Å². The largest absolute Gasteiger partial charge is 0.243 e. The second-order valence-electron chi connectivity index (χ2n) is 7.35. The van der Waals surface area contributed by atoms with Crippen molar-refractivity contribution in [3.8, 4) is 0 Å². The average molecular weight is 387 g/mol. The lowest BCUT2D eigenvalue weighted by Gasteiger charge is -2.34. The number of rotatable bonds is 4. The zero-order chi connectivity index (χ0) is 18.2. The van der Waals surface area contributed by atoms with Gasteiger partial charge in [0, 0.05) is 26.2 Å². The minimum atomic E-state index is -3.58. The molecule has 2 saturated heterocycles. The summed E-state index contributed by atoms with van der Waals surface area (Å²) in [4.78, 5) is 0.322. The molecule has 0 amide bonds. The highest BCUT2D eigenvalue weighted by atomic mass is 32.2. The van der Waals surface area contributed by atoms with Gasteiger partial charge in [0.15, 0.2) is 0 Å². The van der Waals surface area contributed by atoms with Crippen molar-refractivity contribution in [3.63, 3.8) is 0 Å². The van der Waals surface area contributed by atoms with E-state index in [0.29, 0.717) is 38.0 Å². The van der Waals surface area contributed by atoms with Crippen molar-refractivity contribution in [1.29, 1.82) is 0 Å². The van der Waals surface area contributed by atoms with Crippen molar-refractivity contribution in [2.75, 3.05) is 26.2 Å². The first-order chi connectivity index (χ1) is 11.7. The smallest absolute Gasteiger partial charge is 0.207 e. The van der Waals surface area contributed by atoms with Crippen molar-refractivity contribution in [3.05, 3.63) is 24.3 Å². The van der Waals surface area contributed by atoms with E-state index in [-0.39, 0.29) is 9.79 Å². The molecule has 2 aliphatic rings. The summed E-state index contributed by atoms with van der Waals surface area (Å²) in [6.07, 6.45) is 2.77. The first-order valence-electron chi connectivity index (χ1n) is 8.81. The highest BCUT2D eigenvalue weighted by Gasteiger charge is 2.32. The number of hydrogen-bond donors (Lipinski definition) is 0. The fourth-order valence-corrected chi connectivity index (χ4v) is 7.01. The lowest BCUT2D eigenvalue weighted by atomic mass is 9.94. The van der Waals surface area contributed by atoms with Gasteiger partial charge in [-0.25, -0.2) is 16.8 Å². The van der Waals surface area contributed by atoms with E-state index >= 15 is 0 Å². The van der Waals surface area contributed by atoms with Crippen molar-refractivity contribution in [1.82, 2.24) is 8.61 Å². The number of hydrogen-bond acceptors (Lipinski definition) is 4. The average Bonchev–Trinajstić information content (AvgIpc) is 3.09. The van der Waals surface area contributed by atoms with E-state index in [1.54, 1.807) is 0 Å². The standard InChI is InChI=1S/C17H26N2O4S2/c1-14-11-15(2)13-19(12-14)25(22,23)17-7-5-16(6-8-17)24(20,21)18-9-3-4-10-18/h5-8,14-15H,3-4,9-13H2,1-2H3/t14-,15-/m0/s1. The Hall–Kier alpha value is -0.960. The van der Waals surface area contributed by atoms with Crippen LogP contribution in [-0.4, -0.2) is 51.6 Å². The molecule has 0 unspecified atom stereocenters. The van der Waals surface area contributed by atoms with Gasteiger partial charge in [-0.3, -0.25) is 0 Å². The molecule has 1 aromatic carbocycles. The maximum atomic E-state index is 12.9. The van der Waals surface area contributed by atoms with Crippen LogP contribution < -0.4 is 0 Å². The van der Waals surface area contributed by atoms with E-state index in [9.17, 15) is 16.8 Å². The van der Waals surface area contributed by atoms with Crippen molar-refractivity contribution >= 4 is 20.0 Å². The molecule has 2 heterocycles. The van der Waals surface area contributed by atoms with Crippen LogP contribution in [0.25, 0.3) is 0 Å². The third-order valence-corrected chi connectivity index (χ3v) is 8.76. The molecule has 0 saturated carbocycles. The molecule has 0 radical (unpaired) electrons. The summed E-state index contributed by atoms with van der Waals surface area (Å²) in [7, 11) is -7.10. The molecule has 140 valence electrons. The Morgan fingerprint density at radius 1 is 0.760 bits per heavy atom. The quantitative estimate of drug-likeness (QED) is 0.794. The van der Waals surface area contributed by atoms with E-state index in [1.807, 2.05) is 0 Å². The maximum Gasteiger partial charge on any atom is 0.243 e. The van der Waals surface area contributed by atoms with Crippen LogP contribution in [-0.2, 0) is 20.0 Å². The van der Waals surface area contributed by atoms with Crippen LogP contribution in [0.4, 0.5) is 0 Å². The molecular formula is C17H26N2O4S2. The van der Waals surface area contributed by atoms with Crippen LogP contribution in [0.1, 0.15) is 33.1 Å². The summed E-state index contributed by atoms with van der Waals surface area (Å²) in [6.45, 7) is 6.21. The van der Waals surface area contributed by atoms with Crippen LogP contribution >= 0.6 is 0 Å². The molecule has 1 aromatic rings. The molecule has 0 bridgehead atoms. The van der Waals surface area contributed by atoms with Crippen LogP contribution in [0.2, 0.25) is 0 Å². The lowest BCUT2D eigenvalue weighted by Crippen LogP contribution is -2.42. The Labute approximate surface area is 150 Å². The highest BCUT2D eigenvalue weighted by molar-refractivity contribution is 7.89. The number of sulfonamides is 2. The van der Waals surface area contributed by atoms with Gasteiger partial charge in [-0.15, -0.1) is 0 Å². The first-order valence-corrected chi connectivity index (χ1v) is 11.7. The predicted molar refractivity (Wildman–Crippen MR) is 96.1 cm³/mol. The minimum Gasteiger partial charge on any atom is -0.207 e. The maximum absolute atomic E-state index is 12.9. The first kappa shape index (κ1) is 18.8. The topological polar surface area (TPSA) is 74.8 Å². The fourth-order valence-electron chi connectivity index (χ4n) is 3.81. The molecular weight excluding hydrogens is 360 g/mol. The summed E-state index contributed by atoms with van der Waals surface area (Å²) in [6, 6.07) is 5.67. The molecule has 0 aromatic heterocycles. The summed E-state index contributed by atoms with van der Waals surface area (Å²) in [5, 5.41) is 0. The third kappa shape index (κ3) is 3.77.